The minimum Gasteiger partial charge on any atom is -0.490 e. The van der Waals surface area contributed by atoms with E-state index in [4.69, 9.17) is 4.74 Å². The SMILES string of the molecule is FC(F)(F)c1cc(OC2CC3(CCCNC3)C2)ccn1. The first-order chi connectivity index (χ1) is 9.47. The van der Waals surface area contributed by atoms with Crippen LogP contribution < -0.4 is 10.1 Å². The first-order valence-corrected chi connectivity index (χ1v) is 6.88. The summed E-state index contributed by atoms with van der Waals surface area (Å²) in [5.41, 5.74) is -0.591. The van der Waals surface area contributed by atoms with E-state index in [1.807, 2.05) is 0 Å². The van der Waals surface area contributed by atoms with Crippen molar-refractivity contribution in [1.29, 1.82) is 0 Å². The van der Waals surface area contributed by atoms with E-state index in [2.05, 4.69) is 10.3 Å². The Morgan fingerprint density at radius 3 is 2.80 bits per heavy atom. The van der Waals surface area contributed by atoms with Gasteiger partial charge >= 0.3 is 6.18 Å². The van der Waals surface area contributed by atoms with E-state index in [9.17, 15) is 13.2 Å². The van der Waals surface area contributed by atoms with Gasteiger partial charge in [-0.2, -0.15) is 13.2 Å². The Bertz CT molecular complexity index is 476. The Morgan fingerprint density at radius 2 is 2.15 bits per heavy atom. The predicted molar refractivity (Wildman–Crippen MR) is 67.4 cm³/mol. The fourth-order valence-electron chi connectivity index (χ4n) is 3.20. The molecule has 1 aliphatic heterocycles. The summed E-state index contributed by atoms with van der Waals surface area (Å²) in [7, 11) is 0. The Kier molecular flexibility index (Phi) is 3.36. The molecule has 0 bridgehead atoms. The zero-order valence-corrected chi connectivity index (χ0v) is 11.0. The van der Waals surface area contributed by atoms with Gasteiger partial charge in [0.05, 0.1) is 6.10 Å². The van der Waals surface area contributed by atoms with Crippen LogP contribution in [-0.2, 0) is 6.18 Å². The number of pyridine rings is 1. The molecule has 2 aliphatic rings. The molecule has 1 spiro atoms. The number of aromatic nitrogens is 1. The lowest BCUT2D eigenvalue weighted by Crippen LogP contribution is -2.52. The molecule has 3 nitrogen and oxygen atoms in total. The summed E-state index contributed by atoms with van der Waals surface area (Å²) in [5, 5.41) is 3.38. The summed E-state index contributed by atoms with van der Waals surface area (Å²) in [4.78, 5) is 3.33. The number of alkyl halides is 3. The van der Waals surface area contributed by atoms with Crippen molar-refractivity contribution in [2.45, 2.75) is 38.0 Å². The first-order valence-electron chi connectivity index (χ1n) is 6.88. The van der Waals surface area contributed by atoms with E-state index < -0.39 is 11.9 Å². The highest BCUT2D eigenvalue weighted by molar-refractivity contribution is 5.25. The maximum Gasteiger partial charge on any atom is 0.433 e. The third-order valence-corrected chi connectivity index (χ3v) is 4.21. The van der Waals surface area contributed by atoms with E-state index in [0.29, 0.717) is 5.41 Å². The van der Waals surface area contributed by atoms with Crippen LogP contribution in [0.4, 0.5) is 13.2 Å². The zero-order chi connectivity index (χ0) is 14.2. The maximum atomic E-state index is 12.6. The lowest BCUT2D eigenvalue weighted by atomic mass is 9.63. The number of nitrogens with zero attached hydrogens (tertiary/aromatic N) is 1. The van der Waals surface area contributed by atoms with Gasteiger partial charge in [-0.15, -0.1) is 0 Å². The lowest BCUT2D eigenvalue weighted by molar-refractivity contribution is -0.141. The molecule has 2 fully saturated rings. The quantitative estimate of drug-likeness (QED) is 0.907. The van der Waals surface area contributed by atoms with Gasteiger partial charge < -0.3 is 10.1 Å². The predicted octanol–water partition coefficient (Wildman–Crippen LogP) is 3.01. The van der Waals surface area contributed by atoms with Crippen LogP contribution in [0.15, 0.2) is 18.3 Å². The second kappa shape index (κ2) is 4.91. The van der Waals surface area contributed by atoms with Gasteiger partial charge in [0.15, 0.2) is 0 Å². The van der Waals surface area contributed by atoms with Crippen molar-refractivity contribution in [2.75, 3.05) is 13.1 Å². The fourth-order valence-corrected chi connectivity index (χ4v) is 3.20. The highest BCUT2D eigenvalue weighted by Gasteiger charge is 2.46. The smallest absolute Gasteiger partial charge is 0.433 e. The van der Waals surface area contributed by atoms with Crippen molar-refractivity contribution in [1.82, 2.24) is 10.3 Å². The van der Waals surface area contributed by atoms with Gasteiger partial charge in [-0.3, -0.25) is 4.98 Å². The molecule has 1 aliphatic carbocycles. The number of nitrogens with one attached hydrogen (secondary N) is 1. The number of hydrogen-bond donors (Lipinski definition) is 1. The molecule has 0 aromatic carbocycles. The summed E-state index contributed by atoms with van der Waals surface area (Å²) in [5.74, 6) is 0.260. The van der Waals surface area contributed by atoms with Crippen LogP contribution in [0.2, 0.25) is 0 Å². The normalized spacial score (nSPS) is 30.1. The molecular weight excluding hydrogens is 269 g/mol. The van der Waals surface area contributed by atoms with Crippen LogP contribution in [0, 0.1) is 5.41 Å². The van der Waals surface area contributed by atoms with Gasteiger partial charge in [0.2, 0.25) is 0 Å². The molecular formula is C14H17F3N2O. The van der Waals surface area contributed by atoms with E-state index >= 15 is 0 Å². The van der Waals surface area contributed by atoms with Gasteiger partial charge in [-0.05, 0) is 43.7 Å². The minimum absolute atomic E-state index is 0.0263. The zero-order valence-electron chi connectivity index (χ0n) is 11.0. The van der Waals surface area contributed by atoms with E-state index in [0.717, 1.165) is 38.2 Å². The summed E-state index contributed by atoms with van der Waals surface area (Å²) in [6, 6.07) is 2.46. The van der Waals surface area contributed by atoms with Crippen LogP contribution in [0.3, 0.4) is 0 Å². The van der Waals surface area contributed by atoms with Gasteiger partial charge in [-0.1, -0.05) is 0 Å². The second-order valence-electron chi connectivity index (χ2n) is 5.80. The largest absolute Gasteiger partial charge is 0.490 e. The molecule has 0 radical (unpaired) electrons. The average Bonchev–Trinajstić information content (AvgIpc) is 2.37. The number of hydrogen-bond acceptors (Lipinski definition) is 3. The summed E-state index contributed by atoms with van der Waals surface area (Å²) in [6.07, 6.45) is 0.943. The number of ether oxygens (including phenoxy) is 1. The second-order valence-corrected chi connectivity index (χ2v) is 5.80. The molecule has 0 amide bonds. The molecule has 1 aromatic heterocycles. The van der Waals surface area contributed by atoms with Gasteiger partial charge in [0.1, 0.15) is 11.4 Å². The molecule has 1 N–H and O–H groups in total. The summed E-state index contributed by atoms with van der Waals surface area (Å²) in [6.45, 7) is 2.06. The molecule has 3 rings (SSSR count). The fraction of sp³-hybridized carbons (Fsp3) is 0.643. The third-order valence-electron chi connectivity index (χ3n) is 4.21. The minimum atomic E-state index is -4.42. The van der Waals surface area contributed by atoms with E-state index in [-0.39, 0.29) is 11.9 Å². The summed E-state index contributed by atoms with van der Waals surface area (Å²) < 4.78 is 43.3. The Morgan fingerprint density at radius 1 is 1.35 bits per heavy atom. The third kappa shape index (κ3) is 2.75. The monoisotopic (exact) mass is 286 g/mol. The van der Waals surface area contributed by atoms with Crippen LogP contribution in [0.1, 0.15) is 31.4 Å². The highest BCUT2D eigenvalue weighted by atomic mass is 19.4. The number of piperidine rings is 1. The van der Waals surface area contributed by atoms with Crippen LogP contribution in [-0.4, -0.2) is 24.2 Å². The molecule has 1 saturated carbocycles. The lowest BCUT2D eigenvalue weighted by Gasteiger charge is -2.49. The van der Waals surface area contributed by atoms with Crippen LogP contribution >= 0.6 is 0 Å². The molecule has 20 heavy (non-hydrogen) atoms. The Balaban J connectivity index is 1.60. The van der Waals surface area contributed by atoms with E-state index in [1.54, 1.807) is 0 Å². The van der Waals surface area contributed by atoms with Crippen molar-refractivity contribution in [2.24, 2.45) is 5.41 Å². The standard InChI is InChI=1S/C14H17F3N2O/c15-14(16,17)12-6-10(2-5-19-12)20-11-7-13(8-11)3-1-4-18-9-13/h2,5-6,11,18H,1,3-4,7-9H2. The van der Waals surface area contributed by atoms with Gasteiger partial charge in [0.25, 0.3) is 0 Å². The Labute approximate surface area is 115 Å². The maximum absolute atomic E-state index is 12.6. The van der Waals surface area contributed by atoms with Gasteiger partial charge in [-0.25, -0.2) is 0 Å². The van der Waals surface area contributed by atoms with Gasteiger partial charge in [0, 0.05) is 18.8 Å². The molecule has 0 atom stereocenters. The molecule has 0 unspecified atom stereocenters. The molecule has 1 saturated heterocycles. The molecule has 110 valence electrons. The first kappa shape index (κ1) is 13.7. The van der Waals surface area contributed by atoms with Crippen molar-refractivity contribution >= 4 is 0 Å². The molecule has 6 heteroatoms. The highest BCUT2D eigenvalue weighted by Crippen LogP contribution is 2.47. The summed E-state index contributed by atoms with van der Waals surface area (Å²) >= 11 is 0. The van der Waals surface area contributed by atoms with Crippen molar-refractivity contribution in [3.8, 4) is 5.75 Å². The topological polar surface area (TPSA) is 34.1 Å². The van der Waals surface area contributed by atoms with Crippen molar-refractivity contribution < 1.29 is 17.9 Å². The number of rotatable bonds is 2. The average molecular weight is 286 g/mol. The molecule has 1 aromatic rings. The van der Waals surface area contributed by atoms with E-state index in [1.165, 1.54) is 18.9 Å². The molecule has 2 heterocycles. The van der Waals surface area contributed by atoms with Crippen molar-refractivity contribution in [3.63, 3.8) is 0 Å². The number of halogens is 3. The Hall–Kier alpha value is -1.30. The van der Waals surface area contributed by atoms with Crippen molar-refractivity contribution in [3.05, 3.63) is 24.0 Å². The van der Waals surface area contributed by atoms with Crippen LogP contribution in [0.5, 0.6) is 5.75 Å². The van der Waals surface area contributed by atoms with Crippen LogP contribution in [0.25, 0.3) is 0 Å².